The molecule has 1 rings (SSSR count). The van der Waals surface area contributed by atoms with Crippen LogP contribution in [0.3, 0.4) is 0 Å². The van der Waals surface area contributed by atoms with E-state index >= 15 is 0 Å². The summed E-state index contributed by atoms with van der Waals surface area (Å²) in [6, 6.07) is 0. The standard InChI is InChI=1S/C10H15.2FH.Ir/c1-7-6-10(4,5)9(3)8(7)2;;;/h1-5H3;2*1H;/q-1;;;+3/p-2. The summed E-state index contributed by atoms with van der Waals surface area (Å²) >= 11 is 0. The SMILES string of the molecule is CC1=[C-]C(C)(C)C(C)=C1C.[F-].[F-].[Ir+3]. The van der Waals surface area contributed by atoms with E-state index in [0.717, 1.165) is 0 Å². The number of allylic oxidation sites excluding steroid dienone is 4. The van der Waals surface area contributed by atoms with Crippen LogP contribution in [0.5, 0.6) is 0 Å². The molecule has 0 aliphatic heterocycles. The van der Waals surface area contributed by atoms with Gasteiger partial charge in [-0.2, -0.15) is 11.1 Å². The molecule has 0 aromatic rings. The van der Waals surface area contributed by atoms with Crippen LogP contribution in [-0.2, 0) is 20.1 Å². The zero-order valence-corrected chi connectivity index (χ0v) is 11.0. The minimum atomic E-state index is 0. The van der Waals surface area contributed by atoms with E-state index in [1.807, 2.05) is 0 Å². The van der Waals surface area contributed by atoms with E-state index in [2.05, 4.69) is 40.7 Å². The van der Waals surface area contributed by atoms with Gasteiger partial charge in [-0.05, 0) is 0 Å². The molecule has 0 heterocycles. The third-order valence-corrected chi connectivity index (χ3v) is 2.56. The van der Waals surface area contributed by atoms with E-state index in [4.69, 9.17) is 0 Å². The summed E-state index contributed by atoms with van der Waals surface area (Å²) in [6.45, 7) is 10.9. The molecule has 0 fully saturated rings. The van der Waals surface area contributed by atoms with Gasteiger partial charge < -0.3 is 9.41 Å². The summed E-state index contributed by atoms with van der Waals surface area (Å²) in [7, 11) is 0. The van der Waals surface area contributed by atoms with Crippen molar-refractivity contribution >= 4 is 0 Å². The molecule has 0 spiro atoms. The Bertz CT molecular complexity index is 227. The molecule has 1 aliphatic carbocycles. The van der Waals surface area contributed by atoms with Gasteiger partial charge in [0.2, 0.25) is 0 Å². The molecule has 0 atom stereocenters. The summed E-state index contributed by atoms with van der Waals surface area (Å²) in [5.41, 5.74) is 4.39. The Labute approximate surface area is 92.6 Å². The van der Waals surface area contributed by atoms with Crippen molar-refractivity contribution in [2.45, 2.75) is 34.6 Å². The van der Waals surface area contributed by atoms with Gasteiger partial charge in [0.25, 0.3) is 0 Å². The maximum absolute atomic E-state index is 3.44. The fourth-order valence-corrected chi connectivity index (χ4v) is 1.41. The maximum Gasteiger partial charge on any atom is 3.00 e. The molecule has 3 heteroatoms. The van der Waals surface area contributed by atoms with Gasteiger partial charge in [-0.25, -0.2) is 5.57 Å². The first kappa shape index (κ1) is 18.7. The minimum Gasteiger partial charge on any atom is -1.00 e. The quantitative estimate of drug-likeness (QED) is 0.405. The first-order valence-electron chi connectivity index (χ1n) is 3.75. The third kappa shape index (κ3) is 3.32. The average Bonchev–Trinajstić information content (AvgIpc) is 1.95. The third-order valence-electron chi connectivity index (χ3n) is 2.56. The van der Waals surface area contributed by atoms with Crippen molar-refractivity contribution in [2.24, 2.45) is 5.41 Å². The normalized spacial score (nSPS) is 18.1. The molecule has 0 bridgehead atoms. The first-order chi connectivity index (χ1) is 4.45. The smallest absolute Gasteiger partial charge is 1.00 e. The summed E-state index contributed by atoms with van der Waals surface area (Å²) < 4.78 is 0. The minimum absolute atomic E-state index is 0. The van der Waals surface area contributed by atoms with Crippen LogP contribution in [-0.4, -0.2) is 0 Å². The molecule has 0 aromatic heterocycles. The topological polar surface area (TPSA) is 0 Å². The van der Waals surface area contributed by atoms with E-state index in [1.54, 1.807) is 0 Å². The van der Waals surface area contributed by atoms with E-state index in [-0.39, 0.29) is 34.9 Å². The first-order valence-corrected chi connectivity index (χ1v) is 3.75. The molecule has 78 valence electrons. The van der Waals surface area contributed by atoms with Gasteiger partial charge in [0.15, 0.2) is 0 Å². The molecular weight excluding hydrogens is 350 g/mol. The van der Waals surface area contributed by atoms with Gasteiger partial charge in [-0.3, -0.25) is 6.08 Å². The largest absolute Gasteiger partial charge is 3.00 e. The fraction of sp³-hybridized carbons (Fsp3) is 0.600. The fourth-order valence-electron chi connectivity index (χ4n) is 1.41. The van der Waals surface area contributed by atoms with Crippen molar-refractivity contribution in [2.75, 3.05) is 0 Å². The molecular formula is C10H15F2Ir. The van der Waals surface area contributed by atoms with Crippen molar-refractivity contribution in [3.63, 3.8) is 0 Å². The Kier molecular flexibility index (Phi) is 8.15. The van der Waals surface area contributed by atoms with E-state index in [0.29, 0.717) is 0 Å². The average molecular weight is 365 g/mol. The van der Waals surface area contributed by atoms with Crippen molar-refractivity contribution in [1.82, 2.24) is 0 Å². The van der Waals surface area contributed by atoms with Crippen LogP contribution in [0, 0.1) is 11.5 Å². The number of hydrogen-bond acceptors (Lipinski definition) is 0. The number of hydrogen-bond donors (Lipinski definition) is 0. The molecule has 0 N–H and O–H groups in total. The molecule has 0 aromatic carbocycles. The number of rotatable bonds is 0. The van der Waals surface area contributed by atoms with Crippen molar-refractivity contribution in [3.05, 3.63) is 22.8 Å². The van der Waals surface area contributed by atoms with Gasteiger partial charge >= 0.3 is 20.1 Å². The van der Waals surface area contributed by atoms with Gasteiger partial charge in [0, 0.05) is 0 Å². The molecule has 0 nitrogen and oxygen atoms in total. The Morgan fingerprint density at radius 1 is 1.00 bits per heavy atom. The second-order valence-electron chi connectivity index (χ2n) is 3.62. The summed E-state index contributed by atoms with van der Waals surface area (Å²) in [5.74, 6) is 0. The molecule has 0 unspecified atom stereocenters. The van der Waals surface area contributed by atoms with E-state index in [9.17, 15) is 0 Å². The summed E-state index contributed by atoms with van der Waals surface area (Å²) in [6.07, 6.45) is 3.44. The molecule has 13 heavy (non-hydrogen) atoms. The van der Waals surface area contributed by atoms with Crippen LogP contribution in [0.15, 0.2) is 16.7 Å². The summed E-state index contributed by atoms with van der Waals surface area (Å²) in [5, 5.41) is 0. The monoisotopic (exact) mass is 366 g/mol. The van der Waals surface area contributed by atoms with Crippen molar-refractivity contribution in [1.29, 1.82) is 0 Å². The van der Waals surface area contributed by atoms with E-state index in [1.165, 1.54) is 16.7 Å². The van der Waals surface area contributed by atoms with Gasteiger partial charge in [-0.15, -0.1) is 6.92 Å². The van der Waals surface area contributed by atoms with Crippen LogP contribution in [0.4, 0.5) is 0 Å². The predicted octanol–water partition coefficient (Wildman–Crippen LogP) is -2.88. The van der Waals surface area contributed by atoms with Crippen LogP contribution >= 0.6 is 0 Å². The second-order valence-corrected chi connectivity index (χ2v) is 3.62. The molecule has 0 amide bonds. The predicted molar refractivity (Wildman–Crippen MR) is 44.6 cm³/mol. The van der Waals surface area contributed by atoms with Crippen LogP contribution in [0.1, 0.15) is 34.6 Å². The molecule has 0 saturated heterocycles. The Morgan fingerprint density at radius 3 is 1.46 bits per heavy atom. The van der Waals surface area contributed by atoms with Crippen molar-refractivity contribution < 1.29 is 29.5 Å². The van der Waals surface area contributed by atoms with Gasteiger partial charge in [-0.1, -0.05) is 33.1 Å². The van der Waals surface area contributed by atoms with E-state index < -0.39 is 0 Å². The zero-order valence-electron chi connectivity index (χ0n) is 8.59. The van der Waals surface area contributed by atoms with Crippen LogP contribution in [0.25, 0.3) is 0 Å². The van der Waals surface area contributed by atoms with Gasteiger partial charge in [0.05, 0.1) is 0 Å². The summed E-state index contributed by atoms with van der Waals surface area (Å²) in [4.78, 5) is 0. The van der Waals surface area contributed by atoms with Crippen LogP contribution < -0.4 is 9.41 Å². The number of halogens is 2. The van der Waals surface area contributed by atoms with Crippen LogP contribution in [0.2, 0.25) is 0 Å². The van der Waals surface area contributed by atoms with Crippen molar-refractivity contribution in [3.8, 4) is 0 Å². The zero-order chi connectivity index (χ0) is 7.94. The molecule has 0 radical (unpaired) electrons. The Morgan fingerprint density at radius 2 is 1.38 bits per heavy atom. The van der Waals surface area contributed by atoms with Gasteiger partial charge in [0.1, 0.15) is 0 Å². The Hall–Kier alpha value is -0.0106. The Balaban J connectivity index is -0.000000333. The molecule has 0 saturated carbocycles. The second kappa shape index (κ2) is 5.66. The maximum atomic E-state index is 3.44. The molecule has 1 aliphatic rings.